The number of fused-ring (bicyclic) bond motifs is 1. The first-order chi connectivity index (χ1) is 11.9. The van der Waals surface area contributed by atoms with E-state index in [2.05, 4.69) is 15.8 Å². The molecular formula is C19H22N2O3S. The van der Waals surface area contributed by atoms with Crippen LogP contribution in [0.15, 0.2) is 48.5 Å². The van der Waals surface area contributed by atoms with Gasteiger partial charge in [0.2, 0.25) is 10.0 Å². The topological polar surface area (TPSA) is 71.2 Å². The highest BCUT2D eigenvalue weighted by molar-refractivity contribution is 7.89. The smallest absolute Gasteiger partial charge is 0.212 e. The summed E-state index contributed by atoms with van der Waals surface area (Å²) in [7, 11) is -1.75. The molecule has 5 nitrogen and oxygen atoms in total. The molecule has 6 heteroatoms. The van der Waals surface area contributed by atoms with Crippen molar-refractivity contribution >= 4 is 20.9 Å². The minimum absolute atomic E-state index is 0.0473. The molecule has 0 aliphatic carbocycles. The van der Waals surface area contributed by atoms with Crippen LogP contribution in [-0.2, 0) is 23.0 Å². The van der Waals surface area contributed by atoms with Crippen molar-refractivity contribution in [2.24, 2.45) is 0 Å². The highest BCUT2D eigenvalue weighted by atomic mass is 32.2. The summed E-state index contributed by atoms with van der Waals surface area (Å²) in [5.41, 5.74) is 4.03. The van der Waals surface area contributed by atoms with Crippen molar-refractivity contribution in [1.29, 1.82) is 0 Å². The number of aryl methyl sites for hydroxylation is 2. The highest BCUT2D eigenvalue weighted by Crippen LogP contribution is 2.17. The van der Waals surface area contributed by atoms with E-state index in [1.54, 1.807) is 7.11 Å². The number of hydrogen-bond donors (Lipinski definition) is 2. The second kappa shape index (κ2) is 7.29. The summed E-state index contributed by atoms with van der Waals surface area (Å²) in [6.45, 7) is 2.29. The Hall–Kier alpha value is -2.31. The first-order valence-corrected chi connectivity index (χ1v) is 9.79. The highest BCUT2D eigenvalue weighted by Gasteiger charge is 2.11. The van der Waals surface area contributed by atoms with Crippen LogP contribution in [0.25, 0.3) is 10.9 Å². The molecule has 1 heterocycles. The molecular weight excluding hydrogens is 336 g/mol. The summed E-state index contributed by atoms with van der Waals surface area (Å²) in [5, 5.41) is 1.09. The van der Waals surface area contributed by atoms with Gasteiger partial charge in [0.05, 0.1) is 12.9 Å². The van der Waals surface area contributed by atoms with Crippen molar-refractivity contribution in [1.82, 2.24) is 9.71 Å². The molecule has 0 amide bonds. The van der Waals surface area contributed by atoms with E-state index >= 15 is 0 Å². The fourth-order valence-corrected chi connectivity index (χ4v) is 3.82. The average molecular weight is 358 g/mol. The first kappa shape index (κ1) is 17.5. The third kappa shape index (κ3) is 4.61. The zero-order valence-corrected chi connectivity index (χ0v) is 15.2. The van der Waals surface area contributed by atoms with Gasteiger partial charge in [0.25, 0.3) is 0 Å². The van der Waals surface area contributed by atoms with Gasteiger partial charge in [0.1, 0.15) is 5.75 Å². The molecule has 25 heavy (non-hydrogen) atoms. The largest absolute Gasteiger partial charge is 0.497 e. The first-order valence-electron chi connectivity index (χ1n) is 8.14. The van der Waals surface area contributed by atoms with Crippen molar-refractivity contribution in [2.45, 2.75) is 19.9 Å². The van der Waals surface area contributed by atoms with Gasteiger partial charge in [-0.05, 0) is 60.2 Å². The Morgan fingerprint density at radius 3 is 2.72 bits per heavy atom. The molecule has 0 unspecified atom stereocenters. The summed E-state index contributed by atoms with van der Waals surface area (Å²) >= 11 is 0. The minimum Gasteiger partial charge on any atom is -0.497 e. The monoisotopic (exact) mass is 358 g/mol. The molecule has 2 N–H and O–H groups in total. The van der Waals surface area contributed by atoms with E-state index in [1.807, 2.05) is 49.4 Å². The molecule has 0 radical (unpaired) electrons. The quantitative estimate of drug-likeness (QED) is 0.681. The zero-order valence-electron chi connectivity index (χ0n) is 14.4. The van der Waals surface area contributed by atoms with Crippen molar-refractivity contribution < 1.29 is 13.2 Å². The SMILES string of the molecule is COc1cccc(CCS(=O)(=O)NCc2ccc3[nH]c(C)cc3c2)c1. The molecule has 0 saturated heterocycles. The van der Waals surface area contributed by atoms with E-state index < -0.39 is 10.0 Å². The molecule has 1 aromatic heterocycles. The van der Waals surface area contributed by atoms with Gasteiger partial charge in [-0.3, -0.25) is 0 Å². The van der Waals surface area contributed by atoms with Crippen molar-refractivity contribution in [3.63, 3.8) is 0 Å². The summed E-state index contributed by atoms with van der Waals surface area (Å²) in [4.78, 5) is 3.26. The molecule has 0 fully saturated rings. The van der Waals surface area contributed by atoms with E-state index in [1.165, 1.54) is 0 Å². The van der Waals surface area contributed by atoms with Crippen LogP contribution in [-0.4, -0.2) is 26.3 Å². The zero-order chi connectivity index (χ0) is 17.9. The van der Waals surface area contributed by atoms with Gasteiger partial charge >= 0.3 is 0 Å². The van der Waals surface area contributed by atoms with Gasteiger partial charge < -0.3 is 9.72 Å². The molecule has 0 spiro atoms. The van der Waals surface area contributed by atoms with Crippen LogP contribution < -0.4 is 9.46 Å². The standard InChI is InChI=1S/C19H22N2O3S/c1-14-10-17-11-16(6-7-19(17)21-14)13-20-25(22,23)9-8-15-4-3-5-18(12-15)24-2/h3-7,10-12,20-21H,8-9,13H2,1-2H3. The number of nitrogens with one attached hydrogen (secondary N) is 2. The lowest BCUT2D eigenvalue weighted by Crippen LogP contribution is -2.26. The summed E-state index contributed by atoms with van der Waals surface area (Å²) < 4.78 is 32.3. The molecule has 0 bridgehead atoms. The van der Waals surface area contributed by atoms with Crippen LogP contribution in [0.4, 0.5) is 0 Å². The number of hydrogen-bond acceptors (Lipinski definition) is 3. The molecule has 0 aliphatic rings. The van der Waals surface area contributed by atoms with E-state index in [-0.39, 0.29) is 5.75 Å². The number of H-pyrrole nitrogens is 1. The summed E-state index contributed by atoms with van der Waals surface area (Å²) in [6.07, 6.45) is 0.447. The molecule has 2 aromatic carbocycles. The minimum atomic E-state index is -3.34. The summed E-state index contributed by atoms with van der Waals surface area (Å²) in [6, 6.07) is 15.4. The third-order valence-electron chi connectivity index (χ3n) is 4.11. The second-order valence-electron chi connectivity index (χ2n) is 6.12. The maximum Gasteiger partial charge on any atom is 0.212 e. The molecule has 3 aromatic rings. The predicted octanol–water partition coefficient (Wildman–Crippen LogP) is 3.15. The number of benzene rings is 2. The maximum absolute atomic E-state index is 12.3. The van der Waals surface area contributed by atoms with Gasteiger partial charge in [-0.15, -0.1) is 0 Å². The predicted molar refractivity (Wildman–Crippen MR) is 100 cm³/mol. The number of sulfonamides is 1. The molecule has 3 rings (SSSR count). The fraction of sp³-hybridized carbons (Fsp3) is 0.263. The van der Waals surface area contributed by atoms with Gasteiger partial charge in [0.15, 0.2) is 0 Å². The van der Waals surface area contributed by atoms with Crippen LogP contribution in [0.3, 0.4) is 0 Å². The molecule has 0 aliphatic heterocycles. The van der Waals surface area contributed by atoms with Crippen LogP contribution in [0.2, 0.25) is 0 Å². The fourth-order valence-electron chi connectivity index (χ4n) is 2.78. The van der Waals surface area contributed by atoms with Crippen molar-refractivity contribution in [3.8, 4) is 5.75 Å². The molecule has 0 atom stereocenters. The van der Waals surface area contributed by atoms with Gasteiger partial charge in [-0.1, -0.05) is 18.2 Å². The Labute approximate surface area is 148 Å². The number of aromatic amines is 1. The van der Waals surface area contributed by atoms with Crippen LogP contribution in [0, 0.1) is 6.92 Å². The van der Waals surface area contributed by atoms with Crippen molar-refractivity contribution in [3.05, 3.63) is 65.4 Å². The van der Waals surface area contributed by atoms with Gasteiger partial charge in [-0.25, -0.2) is 13.1 Å². The van der Waals surface area contributed by atoms with Gasteiger partial charge in [-0.2, -0.15) is 0 Å². The van der Waals surface area contributed by atoms with E-state index in [0.717, 1.165) is 33.5 Å². The third-order valence-corrected chi connectivity index (χ3v) is 5.44. The second-order valence-corrected chi connectivity index (χ2v) is 8.04. The summed E-state index contributed by atoms with van der Waals surface area (Å²) in [5.74, 6) is 0.782. The average Bonchev–Trinajstić information content (AvgIpc) is 2.98. The van der Waals surface area contributed by atoms with E-state index in [9.17, 15) is 8.42 Å². The molecule has 0 saturated carbocycles. The lowest BCUT2D eigenvalue weighted by molar-refractivity contribution is 0.414. The van der Waals surface area contributed by atoms with Crippen molar-refractivity contribution in [2.75, 3.05) is 12.9 Å². The van der Waals surface area contributed by atoms with Gasteiger partial charge in [0, 0.05) is 17.8 Å². The van der Waals surface area contributed by atoms with Crippen LogP contribution in [0.5, 0.6) is 5.75 Å². The number of rotatable bonds is 7. The van der Waals surface area contributed by atoms with Crippen LogP contribution in [0.1, 0.15) is 16.8 Å². The Morgan fingerprint density at radius 2 is 1.92 bits per heavy atom. The Morgan fingerprint density at radius 1 is 1.08 bits per heavy atom. The number of methoxy groups -OCH3 is 1. The van der Waals surface area contributed by atoms with Crippen LogP contribution >= 0.6 is 0 Å². The van der Waals surface area contributed by atoms with E-state index in [0.29, 0.717) is 13.0 Å². The lowest BCUT2D eigenvalue weighted by Gasteiger charge is -2.08. The Kier molecular flexibility index (Phi) is 5.11. The number of aromatic nitrogens is 1. The normalized spacial score (nSPS) is 11.8. The number of ether oxygens (including phenoxy) is 1. The maximum atomic E-state index is 12.3. The Balaban J connectivity index is 1.60. The lowest BCUT2D eigenvalue weighted by atomic mass is 10.1. The molecule has 132 valence electrons. The van der Waals surface area contributed by atoms with E-state index in [4.69, 9.17) is 4.74 Å². The Bertz CT molecular complexity index is 977.